The van der Waals surface area contributed by atoms with Gasteiger partial charge in [0.05, 0.1) is 0 Å². The van der Waals surface area contributed by atoms with Crippen LogP contribution < -0.4 is 5.73 Å². The maximum Gasteiger partial charge on any atom is 0.250 e. The molecule has 2 heterocycles. The van der Waals surface area contributed by atoms with Gasteiger partial charge in [0.25, 0.3) is 5.89 Å². The highest BCUT2D eigenvalue weighted by Crippen LogP contribution is 2.20. The molecule has 4 aromatic rings. The van der Waals surface area contributed by atoms with Gasteiger partial charge in [-0.25, -0.2) is 0 Å². The molecule has 1 amide bonds. The zero-order chi connectivity index (χ0) is 18.8. The van der Waals surface area contributed by atoms with E-state index in [1.54, 1.807) is 24.3 Å². The Bertz CT molecular complexity index is 1100. The number of carbonyl (C=O) groups is 1. The Hall–Kier alpha value is -3.88. The van der Waals surface area contributed by atoms with Crippen LogP contribution in [0.1, 0.15) is 21.8 Å². The minimum absolute atomic E-state index is 0.200. The second kappa shape index (κ2) is 6.79. The van der Waals surface area contributed by atoms with Crippen LogP contribution in [0.4, 0.5) is 0 Å². The van der Waals surface area contributed by atoms with Gasteiger partial charge in [-0.05, 0) is 29.8 Å². The largest absolute Gasteiger partial charge is 0.366 e. The molecular weight excluding hydrogens is 346 g/mol. The van der Waals surface area contributed by atoms with Gasteiger partial charge in [-0.1, -0.05) is 41.6 Å². The number of nitrogens with two attached hydrogens (primary N) is 1. The van der Waals surface area contributed by atoms with Crippen molar-refractivity contribution in [3.05, 3.63) is 65.5 Å². The lowest BCUT2D eigenvalue weighted by Gasteiger charge is -1.98. The highest BCUT2D eigenvalue weighted by molar-refractivity contribution is 5.93. The van der Waals surface area contributed by atoms with Gasteiger partial charge in [-0.15, -0.1) is 10.2 Å². The molecule has 2 N–H and O–H groups in total. The Morgan fingerprint density at radius 3 is 2.63 bits per heavy atom. The minimum atomic E-state index is -0.487. The van der Waals surface area contributed by atoms with Gasteiger partial charge >= 0.3 is 0 Å². The van der Waals surface area contributed by atoms with Crippen LogP contribution in [-0.4, -0.2) is 36.3 Å². The summed E-state index contributed by atoms with van der Waals surface area (Å²) in [5, 5.41) is 16.3. The van der Waals surface area contributed by atoms with E-state index >= 15 is 0 Å². The van der Waals surface area contributed by atoms with Gasteiger partial charge < -0.3 is 10.3 Å². The number of aryl methyl sites for hydroxylation is 1. The van der Waals surface area contributed by atoms with Crippen LogP contribution in [0.3, 0.4) is 0 Å². The zero-order valence-corrected chi connectivity index (χ0v) is 14.4. The SMILES string of the molecule is Cc1ccccc1-c1noc(Cn2nnc(-c3ccc(C(N)=O)cc3)n2)n1. The predicted molar refractivity (Wildman–Crippen MR) is 95.3 cm³/mol. The van der Waals surface area contributed by atoms with Crippen molar-refractivity contribution in [1.82, 2.24) is 30.3 Å². The smallest absolute Gasteiger partial charge is 0.250 e. The van der Waals surface area contributed by atoms with Crippen molar-refractivity contribution >= 4 is 5.91 Å². The zero-order valence-electron chi connectivity index (χ0n) is 14.4. The molecule has 134 valence electrons. The maximum atomic E-state index is 11.1. The Morgan fingerprint density at radius 2 is 1.89 bits per heavy atom. The van der Waals surface area contributed by atoms with Crippen molar-refractivity contribution in [2.24, 2.45) is 5.73 Å². The lowest BCUT2D eigenvalue weighted by molar-refractivity contribution is 0.100. The van der Waals surface area contributed by atoms with Crippen molar-refractivity contribution < 1.29 is 9.32 Å². The molecule has 0 aliphatic carbocycles. The Morgan fingerprint density at radius 1 is 1.11 bits per heavy atom. The van der Waals surface area contributed by atoms with Crippen molar-refractivity contribution in [2.45, 2.75) is 13.5 Å². The van der Waals surface area contributed by atoms with Crippen LogP contribution >= 0.6 is 0 Å². The molecule has 0 atom stereocenters. The molecule has 0 unspecified atom stereocenters. The van der Waals surface area contributed by atoms with Crippen LogP contribution in [0, 0.1) is 6.92 Å². The van der Waals surface area contributed by atoms with E-state index in [0.717, 1.165) is 16.7 Å². The standard InChI is InChI=1S/C18H15N7O2/c1-11-4-2-3-5-14(11)18-20-15(27-23-18)10-25-22-17(21-24-25)13-8-6-12(7-9-13)16(19)26/h2-9H,10H2,1H3,(H2,19,26). The number of tetrazole rings is 1. The van der Waals surface area contributed by atoms with Crippen LogP contribution in [0.2, 0.25) is 0 Å². The number of aromatic nitrogens is 6. The lowest BCUT2D eigenvalue weighted by atomic mass is 10.1. The Balaban J connectivity index is 1.52. The quantitative estimate of drug-likeness (QED) is 0.575. The normalized spacial score (nSPS) is 10.9. The molecular formula is C18H15N7O2. The Labute approximate surface area is 153 Å². The third kappa shape index (κ3) is 3.43. The molecule has 0 spiro atoms. The van der Waals surface area contributed by atoms with E-state index in [-0.39, 0.29) is 6.54 Å². The lowest BCUT2D eigenvalue weighted by Crippen LogP contribution is -2.10. The number of benzene rings is 2. The number of hydrogen-bond donors (Lipinski definition) is 1. The first-order chi connectivity index (χ1) is 13.1. The summed E-state index contributed by atoms with van der Waals surface area (Å²) in [4.78, 5) is 16.9. The summed E-state index contributed by atoms with van der Waals surface area (Å²) in [7, 11) is 0. The van der Waals surface area contributed by atoms with Gasteiger partial charge in [-0.2, -0.15) is 9.78 Å². The molecule has 0 aliphatic rings. The average Bonchev–Trinajstić information content (AvgIpc) is 3.32. The number of nitrogens with zero attached hydrogens (tertiary/aromatic N) is 6. The van der Waals surface area contributed by atoms with Crippen molar-refractivity contribution in [2.75, 3.05) is 0 Å². The second-order valence-corrected chi connectivity index (χ2v) is 5.91. The first-order valence-corrected chi connectivity index (χ1v) is 8.17. The molecule has 2 aromatic carbocycles. The number of hydrogen-bond acceptors (Lipinski definition) is 7. The first kappa shape index (κ1) is 16.6. The molecule has 9 nitrogen and oxygen atoms in total. The van der Waals surface area contributed by atoms with Crippen molar-refractivity contribution in [3.63, 3.8) is 0 Å². The highest BCUT2D eigenvalue weighted by atomic mass is 16.5. The molecule has 9 heteroatoms. The van der Waals surface area contributed by atoms with E-state index in [1.165, 1.54) is 4.80 Å². The number of rotatable bonds is 5. The van der Waals surface area contributed by atoms with E-state index in [9.17, 15) is 4.79 Å². The molecule has 27 heavy (non-hydrogen) atoms. The highest BCUT2D eigenvalue weighted by Gasteiger charge is 2.13. The number of carbonyl (C=O) groups excluding carboxylic acids is 1. The number of primary amides is 1. The molecule has 0 bridgehead atoms. The monoisotopic (exact) mass is 361 g/mol. The van der Waals surface area contributed by atoms with E-state index in [2.05, 4.69) is 25.6 Å². The van der Waals surface area contributed by atoms with Crippen molar-refractivity contribution in [1.29, 1.82) is 0 Å². The molecule has 0 saturated carbocycles. The summed E-state index contributed by atoms with van der Waals surface area (Å²) in [5.41, 5.74) is 8.35. The van der Waals surface area contributed by atoms with Gasteiger partial charge in [0.2, 0.25) is 17.6 Å². The summed E-state index contributed by atoms with van der Waals surface area (Å²) in [6.07, 6.45) is 0. The van der Waals surface area contributed by atoms with Gasteiger partial charge in [-0.3, -0.25) is 4.79 Å². The summed E-state index contributed by atoms with van der Waals surface area (Å²) in [6.45, 7) is 2.19. The minimum Gasteiger partial charge on any atom is -0.366 e. The van der Waals surface area contributed by atoms with Gasteiger partial charge in [0.1, 0.15) is 6.54 Å². The molecule has 2 aromatic heterocycles. The van der Waals surface area contributed by atoms with E-state index < -0.39 is 5.91 Å². The van der Waals surface area contributed by atoms with Crippen LogP contribution in [0.15, 0.2) is 53.1 Å². The number of amides is 1. The Kier molecular flexibility index (Phi) is 4.17. The summed E-state index contributed by atoms with van der Waals surface area (Å²) >= 11 is 0. The first-order valence-electron chi connectivity index (χ1n) is 8.17. The summed E-state index contributed by atoms with van der Waals surface area (Å²) < 4.78 is 5.29. The van der Waals surface area contributed by atoms with E-state index in [0.29, 0.717) is 23.1 Å². The fourth-order valence-electron chi connectivity index (χ4n) is 2.58. The predicted octanol–water partition coefficient (Wildman–Crippen LogP) is 1.85. The van der Waals surface area contributed by atoms with Crippen LogP contribution in [0.25, 0.3) is 22.8 Å². The molecule has 0 aliphatic heterocycles. The third-order valence-electron chi connectivity index (χ3n) is 4.01. The van der Waals surface area contributed by atoms with E-state index in [1.807, 2.05) is 31.2 Å². The molecule has 0 fully saturated rings. The van der Waals surface area contributed by atoms with Gasteiger partial charge in [0.15, 0.2) is 0 Å². The third-order valence-corrected chi connectivity index (χ3v) is 4.01. The fraction of sp³-hybridized carbons (Fsp3) is 0.111. The fourth-order valence-corrected chi connectivity index (χ4v) is 2.58. The molecule has 4 rings (SSSR count). The topological polar surface area (TPSA) is 126 Å². The van der Waals surface area contributed by atoms with E-state index in [4.69, 9.17) is 10.3 Å². The van der Waals surface area contributed by atoms with Gasteiger partial charge in [0, 0.05) is 16.7 Å². The summed E-state index contributed by atoms with van der Waals surface area (Å²) in [6, 6.07) is 14.5. The van der Waals surface area contributed by atoms with Crippen LogP contribution in [-0.2, 0) is 6.54 Å². The summed E-state index contributed by atoms with van der Waals surface area (Å²) in [5.74, 6) is 0.829. The molecule has 0 radical (unpaired) electrons. The second-order valence-electron chi connectivity index (χ2n) is 5.91. The molecule has 0 saturated heterocycles. The average molecular weight is 361 g/mol. The van der Waals surface area contributed by atoms with Crippen molar-refractivity contribution in [3.8, 4) is 22.8 Å². The van der Waals surface area contributed by atoms with Crippen LogP contribution in [0.5, 0.6) is 0 Å². The maximum absolute atomic E-state index is 11.1.